The molecule has 0 aliphatic carbocycles. The number of hydrogen-bond donors (Lipinski definition) is 0. The first-order chi connectivity index (χ1) is 21.3. The molecule has 8 aromatic rings. The van der Waals surface area contributed by atoms with Crippen LogP contribution in [0.5, 0.6) is 0 Å². The zero-order chi connectivity index (χ0) is 28.6. The molecule has 0 saturated heterocycles. The van der Waals surface area contributed by atoms with Crippen molar-refractivity contribution in [2.24, 2.45) is 0 Å². The smallest absolute Gasteiger partial charge is 0.160 e. The topological polar surface area (TPSA) is 51.8 Å². The predicted molar refractivity (Wildman–Crippen MR) is 174 cm³/mol. The molecule has 43 heavy (non-hydrogen) atoms. The molecular formula is C39H25N3O. The fourth-order valence-electron chi connectivity index (χ4n) is 5.66. The van der Waals surface area contributed by atoms with E-state index in [1.807, 2.05) is 72.8 Å². The number of furan rings is 1. The van der Waals surface area contributed by atoms with E-state index in [4.69, 9.17) is 14.4 Å². The van der Waals surface area contributed by atoms with Gasteiger partial charge in [-0.3, -0.25) is 4.98 Å². The van der Waals surface area contributed by atoms with Crippen molar-refractivity contribution in [2.75, 3.05) is 0 Å². The third-order valence-electron chi connectivity index (χ3n) is 7.74. The Morgan fingerprint density at radius 2 is 1.09 bits per heavy atom. The molecule has 5 aromatic carbocycles. The van der Waals surface area contributed by atoms with Gasteiger partial charge in [0.25, 0.3) is 0 Å². The molecule has 3 aromatic heterocycles. The van der Waals surface area contributed by atoms with Crippen LogP contribution in [0.1, 0.15) is 0 Å². The first-order valence-electron chi connectivity index (χ1n) is 14.3. The molecule has 0 unspecified atom stereocenters. The largest absolute Gasteiger partial charge is 0.455 e. The average molecular weight is 552 g/mol. The lowest BCUT2D eigenvalue weighted by Gasteiger charge is -2.13. The molecule has 0 aliphatic rings. The number of rotatable bonds is 5. The number of aromatic nitrogens is 3. The van der Waals surface area contributed by atoms with Crippen LogP contribution in [-0.4, -0.2) is 15.0 Å². The monoisotopic (exact) mass is 551 g/mol. The standard InChI is InChI=1S/C39H25N3O/c1-3-12-26(13-4-1)28-22-29(31-17-11-18-33-32-16-7-8-20-37(32)43-38(31)33)24-30(23-28)35-25-36(34-19-9-10-21-40-34)42-39(41-35)27-14-5-2-6-15-27/h1-25H. The number of benzene rings is 5. The minimum atomic E-state index is 0.657. The van der Waals surface area contributed by atoms with Crippen molar-refractivity contribution >= 4 is 21.9 Å². The lowest BCUT2D eigenvalue weighted by molar-refractivity contribution is 0.670. The van der Waals surface area contributed by atoms with E-state index in [-0.39, 0.29) is 0 Å². The Labute approximate surface area is 249 Å². The molecule has 0 radical (unpaired) electrons. The number of nitrogens with zero attached hydrogens (tertiary/aromatic N) is 3. The van der Waals surface area contributed by atoms with E-state index < -0.39 is 0 Å². The number of pyridine rings is 1. The quantitative estimate of drug-likeness (QED) is 0.214. The number of para-hydroxylation sites is 2. The first-order valence-corrected chi connectivity index (χ1v) is 14.3. The van der Waals surface area contributed by atoms with Gasteiger partial charge >= 0.3 is 0 Å². The van der Waals surface area contributed by atoms with Crippen molar-refractivity contribution in [1.29, 1.82) is 0 Å². The van der Waals surface area contributed by atoms with Gasteiger partial charge < -0.3 is 4.42 Å². The maximum absolute atomic E-state index is 6.45. The van der Waals surface area contributed by atoms with Crippen molar-refractivity contribution in [3.63, 3.8) is 0 Å². The maximum Gasteiger partial charge on any atom is 0.160 e. The van der Waals surface area contributed by atoms with Gasteiger partial charge in [-0.1, -0.05) is 103 Å². The fraction of sp³-hybridized carbons (Fsp3) is 0. The highest BCUT2D eigenvalue weighted by Crippen LogP contribution is 2.39. The Hall–Kier alpha value is -5.87. The van der Waals surface area contributed by atoms with Crippen molar-refractivity contribution in [3.05, 3.63) is 152 Å². The Bertz CT molecular complexity index is 2170. The zero-order valence-electron chi connectivity index (χ0n) is 23.2. The summed E-state index contributed by atoms with van der Waals surface area (Å²) in [4.78, 5) is 14.6. The van der Waals surface area contributed by atoms with Gasteiger partial charge in [0, 0.05) is 33.7 Å². The summed E-state index contributed by atoms with van der Waals surface area (Å²) in [6, 6.07) is 49.7. The summed E-state index contributed by atoms with van der Waals surface area (Å²) in [5.74, 6) is 0.657. The van der Waals surface area contributed by atoms with Crippen molar-refractivity contribution in [3.8, 4) is 56.3 Å². The fourth-order valence-corrected chi connectivity index (χ4v) is 5.66. The lowest BCUT2D eigenvalue weighted by atomic mass is 9.94. The Balaban J connectivity index is 1.38. The van der Waals surface area contributed by atoms with E-state index >= 15 is 0 Å². The number of hydrogen-bond acceptors (Lipinski definition) is 4. The van der Waals surface area contributed by atoms with Crippen LogP contribution in [0.25, 0.3) is 78.2 Å². The van der Waals surface area contributed by atoms with E-state index in [0.717, 1.165) is 72.4 Å². The lowest BCUT2D eigenvalue weighted by Crippen LogP contribution is -1.97. The van der Waals surface area contributed by atoms with Gasteiger partial charge in [0.05, 0.1) is 17.1 Å². The summed E-state index contributed by atoms with van der Waals surface area (Å²) >= 11 is 0. The van der Waals surface area contributed by atoms with E-state index in [0.29, 0.717) is 5.82 Å². The number of fused-ring (bicyclic) bond motifs is 3. The third-order valence-corrected chi connectivity index (χ3v) is 7.74. The van der Waals surface area contributed by atoms with E-state index in [2.05, 4.69) is 77.8 Å². The summed E-state index contributed by atoms with van der Waals surface area (Å²) in [6.07, 6.45) is 1.79. The van der Waals surface area contributed by atoms with Crippen LogP contribution in [0.3, 0.4) is 0 Å². The summed E-state index contributed by atoms with van der Waals surface area (Å²) < 4.78 is 6.45. The molecule has 0 fully saturated rings. The average Bonchev–Trinajstić information content (AvgIpc) is 3.48. The summed E-state index contributed by atoms with van der Waals surface area (Å²) in [5, 5.41) is 2.22. The van der Waals surface area contributed by atoms with Crippen molar-refractivity contribution in [1.82, 2.24) is 15.0 Å². The molecule has 8 rings (SSSR count). The molecule has 0 saturated carbocycles. The minimum absolute atomic E-state index is 0.657. The van der Waals surface area contributed by atoms with Crippen LogP contribution < -0.4 is 0 Å². The van der Waals surface area contributed by atoms with E-state index in [1.54, 1.807) is 6.20 Å². The van der Waals surface area contributed by atoms with Crippen molar-refractivity contribution in [2.45, 2.75) is 0 Å². The van der Waals surface area contributed by atoms with Crippen LogP contribution in [0.2, 0.25) is 0 Å². The highest BCUT2D eigenvalue weighted by Gasteiger charge is 2.16. The predicted octanol–water partition coefficient (Wildman–Crippen LogP) is 10.1. The second-order valence-corrected chi connectivity index (χ2v) is 10.5. The molecule has 4 nitrogen and oxygen atoms in total. The second-order valence-electron chi connectivity index (χ2n) is 10.5. The van der Waals surface area contributed by atoms with Gasteiger partial charge in [-0.25, -0.2) is 9.97 Å². The van der Waals surface area contributed by atoms with Crippen LogP contribution in [0, 0.1) is 0 Å². The van der Waals surface area contributed by atoms with Gasteiger partial charge in [0.15, 0.2) is 5.82 Å². The molecule has 0 aliphatic heterocycles. The molecule has 202 valence electrons. The second kappa shape index (κ2) is 10.5. The Kier molecular flexibility index (Phi) is 6.08. The zero-order valence-corrected chi connectivity index (χ0v) is 23.2. The normalized spacial score (nSPS) is 11.3. The van der Waals surface area contributed by atoms with Gasteiger partial charge in [-0.05, 0) is 59.2 Å². The molecule has 0 N–H and O–H groups in total. The molecule has 3 heterocycles. The van der Waals surface area contributed by atoms with Crippen molar-refractivity contribution < 1.29 is 4.42 Å². The van der Waals surface area contributed by atoms with E-state index in [9.17, 15) is 0 Å². The van der Waals surface area contributed by atoms with Gasteiger partial charge in [0.2, 0.25) is 0 Å². The maximum atomic E-state index is 6.45. The van der Waals surface area contributed by atoms with Crippen LogP contribution in [-0.2, 0) is 0 Å². The molecule has 0 bridgehead atoms. The molecule has 4 heteroatoms. The highest BCUT2D eigenvalue weighted by molar-refractivity contribution is 6.09. The summed E-state index contributed by atoms with van der Waals surface area (Å²) in [6.45, 7) is 0. The molecule has 0 amide bonds. The van der Waals surface area contributed by atoms with E-state index in [1.165, 1.54) is 0 Å². The molecule has 0 atom stereocenters. The van der Waals surface area contributed by atoms with Gasteiger partial charge in [-0.2, -0.15) is 0 Å². The summed E-state index contributed by atoms with van der Waals surface area (Å²) in [7, 11) is 0. The Morgan fingerprint density at radius 3 is 1.91 bits per heavy atom. The SMILES string of the molecule is c1ccc(-c2cc(-c3cc(-c4ccccn4)nc(-c4ccccc4)n3)cc(-c3cccc4c3oc3ccccc34)c2)cc1. The summed E-state index contributed by atoms with van der Waals surface area (Å²) in [5.41, 5.74) is 10.4. The van der Waals surface area contributed by atoms with Crippen LogP contribution >= 0.6 is 0 Å². The highest BCUT2D eigenvalue weighted by atomic mass is 16.3. The van der Waals surface area contributed by atoms with Gasteiger partial charge in [-0.15, -0.1) is 0 Å². The Morgan fingerprint density at radius 1 is 0.419 bits per heavy atom. The molecule has 0 spiro atoms. The van der Waals surface area contributed by atoms with Crippen LogP contribution in [0.4, 0.5) is 0 Å². The minimum Gasteiger partial charge on any atom is -0.455 e. The van der Waals surface area contributed by atoms with Crippen LogP contribution in [0.15, 0.2) is 156 Å². The third kappa shape index (κ3) is 4.65. The first kappa shape index (κ1) is 24.9. The molecular weight excluding hydrogens is 526 g/mol. The van der Waals surface area contributed by atoms with Gasteiger partial charge in [0.1, 0.15) is 11.2 Å².